The standard InChI is InChI=1S/C12H20N2O/c13-12(10-4-5-10)7-14(8-12)11(15)6-9-2-1-3-9/h9-10H,1-8,13H2. The van der Waals surface area contributed by atoms with Crippen molar-refractivity contribution in [2.24, 2.45) is 17.6 Å². The summed E-state index contributed by atoms with van der Waals surface area (Å²) in [5.74, 6) is 1.75. The number of rotatable bonds is 3. The summed E-state index contributed by atoms with van der Waals surface area (Å²) in [5, 5.41) is 0. The molecular formula is C12H20N2O. The molecular weight excluding hydrogens is 188 g/mol. The minimum atomic E-state index is -0.00469. The van der Waals surface area contributed by atoms with E-state index >= 15 is 0 Å². The SMILES string of the molecule is NC1(C2CC2)CN(C(=O)CC2CCC2)C1. The average molecular weight is 208 g/mol. The quantitative estimate of drug-likeness (QED) is 0.755. The van der Waals surface area contributed by atoms with Crippen LogP contribution in [-0.2, 0) is 4.79 Å². The number of nitrogens with zero attached hydrogens (tertiary/aromatic N) is 1. The predicted octanol–water partition coefficient (Wildman–Crippen LogP) is 1.13. The lowest BCUT2D eigenvalue weighted by Crippen LogP contribution is -2.70. The highest BCUT2D eigenvalue weighted by Gasteiger charge is 2.51. The van der Waals surface area contributed by atoms with E-state index in [4.69, 9.17) is 5.73 Å². The van der Waals surface area contributed by atoms with Gasteiger partial charge in [-0.2, -0.15) is 0 Å². The normalized spacial score (nSPS) is 29.5. The van der Waals surface area contributed by atoms with E-state index < -0.39 is 0 Å². The van der Waals surface area contributed by atoms with Gasteiger partial charge in [-0.05, 0) is 37.5 Å². The van der Waals surface area contributed by atoms with Gasteiger partial charge in [-0.25, -0.2) is 0 Å². The van der Waals surface area contributed by atoms with Crippen molar-refractivity contribution >= 4 is 5.91 Å². The molecule has 3 rings (SSSR count). The predicted molar refractivity (Wildman–Crippen MR) is 58.2 cm³/mol. The zero-order valence-electron chi connectivity index (χ0n) is 9.24. The zero-order chi connectivity index (χ0) is 10.5. The van der Waals surface area contributed by atoms with Gasteiger partial charge >= 0.3 is 0 Å². The van der Waals surface area contributed by atoms with E-state index in [9.17, 15) is 4.79 Å². The van der Waals surface area contributed by atoms with Crippen LogP contribution in [0.4, 0.5) is 0 Å². The van der Waals surface area contributed by atoms with Gasteiger partial charge in [0.15, 0.2) is 0 Å². The van der Waals surface area contributed by atoms with Crippen LogP contribution in [0.2, 0.25) is 0 Å². The van der Waals surface area contributed by atoms with E-state index in [0.29, 0.717) is 17.7 Å². The molecule has 0 unspecified atom stereocenters. The van der Waals surface area contributed by atoms with Crippen molar-refractivity contribution in [1.29, 1.82) is 0 Å². The second-order valence-electron chi connectivity index (χ2n) is 5.76. The topological polar surface area (TPSA) is 46.3 Å². The first-order valence-corrected chi connectivity index (χ1v) is 6.24. The third-order valence-electron chi connectivity index (χ3n) is 4.40. The molecule has 3 aliphatic rings. The Morgan fingerprint density at radius 3 is 2.40 bits per heavy atom. The summed E-state index contributed by atoms with van der Waals surface area (Å²) in [6, 6.07) is 0. The van der Waals surface area contributed by atoms with Crippen LogP contribution in [0.25, 0.3) is 0 Å². The fourth-order valence-electron chi connectivity index (χ4n) is 2.83. The van der Waals surface area contributed by atoms with Crippen molar-refractivity contribution in [3.8, 4) is 0 Å². The summed E-state index contributed by atoms with van der Waals surface area (Å²) in [6.45, 7) is 1.65. The van der Waals surface area contributed by atoms with E-state index in [1.807, 2.05) is 4.90 Å². The molecule has 3 heteroatoms. The smallest absolute Gasteiger partial charge is 0.222 e. The number of amides is 1. The largest absolute Gasteiger partial charge is 0.339 e. The Hall–Kier alpha value is -0.570. The molecule has 1 heterocycles. The highest BCUT2D eigenvalue weighted by molar-refractivity contribution is 5.78. The van der Waals surface area contributed by atoms with Gasteiger partial charge in [0.05, 0.1) is 5.54 Å². The van der Waals surface area contributed by atoms with Gasteiger partial charge < -0.3 is 10.6 Å². The summed E-state index contributed by atoms with van der Waals surface area (Å²) < 4.78 is 0. The molecule has 0 aromatic heterocycles. The molecule has 15 heavy (non-hydrogen) atoms. The van der Waals surface area contributed by atoms with Gasteiger partial charge in [-0.1, -0.05) is 6.42 Å². The Bertz CT molecular complexity index is 275. The summed E-state index contributed by atoms with van der Waals surface area (Å²) >= 11 is 0. The van der Waals surface area contributed by atoms with Crippen LogP contribution in [0.5, 0.6) is 0 Å². The minimum absolute atomic E-state index is 0.00469. The van der Waals surface area contributed by atoms with Crippen LogP contribution in [-0.4, -0.2) is 29.4 Å². The lowest BCUT2D eigenvalue weighted by atomic mass is 9.81. The fraction of sp³-hybridized carbons (Fsp3) is 0.917. The molecule has 1 saturated heterocycles. The first kappa shape index (κ1) is 9.64. The van der Waals surface area contributed by atoms with Crippen LogP contribution >= 0.6 is 0 Å². The molecule has 0 spiro atoms. The molecule has 3 fully saturated rings. The number of nitrogens with two attached hydrogens (primary N) is 1. The number of hydrogen-bond donors (Lipinski definition) is 1. The average Bonchev–Trinajstić information content (AvgIpc) is 2.88. The molecule has 0 aromatic carbocycles. The number of hydrogen-bond acceptors (Lipinski definition) is 2. The third-order valence-corrected chi connectivity index (χ3v) is 4.40. The Labute approximate surface area is 91.0 Å². The Morgan fingerprint density at radius 1 is 1.27 bits per heavy atom. The van der Waals surface area contributed by atoms with Crippen LogP contribution in [0.1, 0.15) is 38.5 Å². The van der Waals surface area contributed by atoms with Crippen LogP contribution < -0.4 is 5.73 Å². The molecule has 0 radical (unpaired) electrons. The van der Waals surface area contributed by atoms with Crippen molar-refractivity contribution < 1.29 is 4.79 Å². The fourth-order valence-corrected chi connectivity index (χ4v) is 2.83. The van der Waals surface area contributed by atoms with Crippen LogP contribution in [0.15, 0.2) is 0 Å². The van der Waals surface area contributed by atoms with Crippen molar-refractivity contribution in [1.82, 2.24) is 4.90 Å². The first-order chi connectivity index (χ1) is 7.17. The molecule has 0 aromatic rings. The van der Waals surface area contributed by atoms with Crippen molar-refractivity contribution in [2.45, 2.75) is 44.1 Å². The van der Waals surface area contributed by atoms with Gasteiger partial charge in [-0.3, -0.25) is 4.79 Å². The maximum Gasteiger partial charge on any atom is 0.222 e. The van der Waals surface area contributed by atoms with E-state index in [2.05, 4.69) is 0 Å². The molecule has 1 aliphatic heterocycles. The minimum Gasteiger partial charge on any atom is -0.339 e. The van der Waals surface area contributed by atoms with Crippen molar-refractivity contribution in [2.75, 3.05) is 13.1 Å². The summed E-state index contributed by atoms with van der Waals surface area (Å²) in [5.41, 5.74) is 6.22. The van der Waals surface area contributed by atoms with Gasteiger partial charge in [0, 0.05) is 19.5 Å². The van der Waals surface area contributed by atoms with Crippen LogP contribution in [0, 0.1) is 11.8 Å². The third kappa shape index (κ3) is 1.67. The molecule has 0 bridgehead atoms. The van der Waals surface area contributed by atoms with Gasteiger partial charge in [0.2, 0.25) is 5.91 Å². The van der Waals surface area contributed by atoms with E-state index in [1.165, 1.54) is 32.1 Å². The molecule has 84 valence electrons. The maximum absolute atomic E-state index is 11.8. The second kappa shape index (κ2) is 3.21. The Morgan fingerprint density at radius 2 is 1.93 bits per heavy atom. The van der Waals surface area contributed by atoms with E-state index in [1.54, 1.807) is 0 Å². The number of likely N-dealkylation sites (tertiary alicyclic amines) is 1. The van der Waals surface area contributed by atoms with Crippen molar-refractivity contribution in [3.05, 3.63) is 0 Å². The molecule has 1 amide bonds. The molecule has 2 saturated carbocycles. The first-order valence-electron chi connectivity index (χ1n) is 6.24. The molecule has 0 atom stereocenters. The van der Waals surface area contributed by atoms with Gasteiger partial charge in [0.1, 0.15) is 0 Å². The monoisotopic (exact) mass is 208 g/mol. The second-order valence-corrected chi connectivity index (χ2v) is 5.76. The highest BCUT2D eigenvalue weighted by Crippen LogP contribution is 2.43. The lowest BCUT2D eigenvalue weighted by molar-refractivity contribution is -0.141. The summed E-state index contributed by atoms with van der Waals surface area (Å²) in [7, 11) is 0. The molecule has 2 aliphatic carbocycles. The van der Waals surface area contributed by atoms with Gasteiger partial charge in [0.25, 0.3) is 0 Å². The van der Waals surface area contributed by atoms with E-state index in [0.717, 1.165) is 19.5 Å². The lowest BCUT2D eigenvalue weighted by Gasteiger charge is -2.49. The Balaban J connectivity index is 1.46. The maximum atomic E-state index is 11.8. The van der Waals surface area contributed by atoms with Crippen LogP contribution in [0.3, 0.4) is 0 Å². The molecule has 3 nitrogen and oxygen atoms in total. The van der Waals surface area contributed by atoms with Gasteiger partial charge in [-0.15, -0.1) is 0 Å². The zero-order valence-corrected chi connectivity index (χ0v) is 9.24. The number of carbonyl (C=O) groups excluding carboxylic acids is 1. The summed E-state index contributed by atoms with van der Waals surface area (Å²) in [6.07, 6.45) is 7.18. The molecule has 2 N–H and O–H groups in total. The summed E-state index contributed by atoms with van der Waals surface area (Å²) in [4.78, 5) is 13.8. The number of carbonyl (C=O) groups is 1. The van der Waals surface area contributed by atoms with E-state index in [-0.39, 0.29) is 5.54 Å². The van der Waals surface area contributed by atoms with Crippen molar-refractivity contribution in [3.63, 3.8) is 0 Å². The highest BCUT2D eigenvalue weighted by atomic mass is 16.2. The Kier molecular flexibility index (Phi) is 2.06.